The van der Waals surface area contributed by atoms with Crippen molar-refractivity contribution in [3.8, 4) is 0 Å². The minimum Gasteiger partial charge on any atom is -0.331 e. The molecule has 0 amide bonds. The fourth-order valence-corrected chi connectivity index (χ4v) is 3.02. The number of benzene rings is 2. The van der Waals surface area contributed by atoms with Crippen LogP contribution in [0.15, 0.2) is 59.2 Å². The standard InChI is InChI=1S/C16H13BrN2S/c1-11-6-7-14(13(17)10-11)18-16(20)19-9-8-12-4-2-3-5-15(12)19/h2-10H,1H3,(H,18,20). The highest BCUT2D eigenvalue weighted by Crippen LogP contribution is 2.24. The second kappa shape index (κ2) is 5.38. The van der Waals surface area contributed by atoms with Crippen LogP contribution in [0.5, 0.6) is 0 Å². The molecule has 0 aliphatic carbocycles. The van der Waals surface area contributed by atoms with E-state index < -0.39 is 0 Å². The number of fused-ring (bicyclic) bond motifs is 1. The van der Waals surface area contributed by atoms with E-state index in [0.717, 1.165) is 15.7 Å². The third kappa shape index (κ3) is 2.49. The van der Waals surface area contributed by atoms with Crippen molar-refractivity contribution in [3.05, 3.63) is 64.8 Å². The van der Waals surface area contributed by atoms with E-state index in [9.17, 15) is 0 Å². The first-order chi connectivity index (χ1) is 9.65. The summed E-state index contributed by atoms with van der Waals surface area (Å²) in [5.41, 5.74) is 3.28. The number of aryl methyl sites for hydroxylation is 1. The van der Waals surface area contributed by atoms with Crippen LogP contribution in [0, 0.1) is 6.92 Å². The topological polar surface area (TPSA) is 17.0 Å². The molecule has 3 rings (SSSR count). The molecule has 1 N–H and O–H groups in total. The van der Waals surface area contributed by atoms with Crippen LogP contribution in [0.1, 0.15) is 5.56 Å². The predicted octanol–water partition coefficient (Wildman–Crippen LogP) is 4.96. The summed E-state index contributed by atoms with van der Waals surface area (Å²) in [7, 11) is 0. The first-order valence-electron chi connectivity index (χ1n) is 6.29. The second-order valence-electron chi connectivity index (χ2n) is 4.66. The maximum atomic E-state index is 5.51. The van der Waals surface area contributed by atoms with Gasteiger partial charge in [-0.15, -0.1) is 0 Å². The Morgan fingerprint density at radius 3 is 2.75 bits per heavy atom. The molecule has 0 saturated heterocycles. The van der Waals surface area contributed by atoms with Gasteiger partial charge in [0.1, 0.15) is 0 Å². The highest BCUT2D eigenvalue weighted by molar-refractivity contribution is 9.10. The van der Waals surface area contributed by atoms with E-state index in [1.807, 2.05) is 29.0 Å². The zero-order valence-electron chi connectivity index (χ0n) is 10.9. The van der Waals surface area contributed by atoms with Gasteiger partial charge in [-0.3, -0.25) is 4.57 Å². The molecule has 100 valence electrons. The molecule has 0 atom stereocenters. The van der Waals surface area contributed by atoms with Crippen molar-refractivity contribution < 1.29 is 0 Å². The maximum Gasteiger partial charge on any atom is 0.182 e. The van der Waals surface area contributed by atoms with Gasteiger partial charge < -0.3 is 5.32 Å². The van der Waals surface area contributed by atoms with Crippen molar-refractivity contribution in [1.29, 1.82) is 0 Å². The number of nitrogens with one attached hydrogen (secondary N) is 1. The summed E-state index contributed by atoms with van der Waals surface area (Å²) in [6.45, 7) is 2.06. The normalized spacial score (nSPS) is 10.7. The molecule has 3 aromatic rings. The molecule has 0 fully saturated rings. The quantitative estimate of drug-likeness (QED) is 0.628. The van der Waals surface area contributed by atoms with Gasteiger partial charge in [-0.1, -0.05) is 24.3 Å². The summed E-state index contributed by atoms with van der Waals surface area (Å²) in [5, 5.41) is 5.12. The minimum absolute atomic E-state index is 0.663. The van der Waals surface area contributed by atoms with E-state index in [0.29, 0.717) is 5.11 Å². The zero-order valence-corrected chi connectivity index (χ0v) is 13.3. The van der Waals surface area contributed by atoms with Crippen molar-refractivity contribution in [2.45, 2.75) is 6.92 Å². The molecule has 0 radical (unpaired) electrons. The summed E-state index contributed by atoms with van der Waals surface area (Å²) in [6.07, 6.45) is 1.99. The largest absolute Gasteiger partial charge is 0.331 e. The lowest BCUT2D eigenvalue weighted by atomic mass is 10.2. The SMILES string of the molecule is Cc1ccc(NC(=S)n2ccc3ccccc32)c(Br)c1. The lowest BCUT2D eigenvalue weighted by Crippen LogP contribution is -2.18. The summed E-state index contributed by atoms with van der Waals surface area (Å²) < 4.78 is 2.99. The summed E-state index contributed by atoms with van der Waals surface area (Å²) in [4.78, 5) is 0. The molecule has 0 bridgehead atoms. The Balaban J connectivity index is 1.93. The average Bonchev–Trinajstić information content (AvgIpc) is 2.86. The molecule has 4 heteroatoms. The number of hydrogen-bond acceptors (Lipinski definition) is 1. The molecule has 20 heavy (non-hydrogen) atoms. The van der Waals surface area contributed by atoms with Crippen LogP contribution >= 0.6 is 28.1 Å². The van der Waals surface area contributed by atoms with Crippen molar-refractivity contribution in [2.24, 2.45) is 0 Å². The minimum atomic E-state index is 0.663. The predicted molar refractivity (Wildman–Crippen MR) is 92.4 cm³/mol. The monoisotopic (exact) mass is 344 g/mol. The first kappa shape index (κ1) is 13.3. The molecule has 0 aliphatic heterocycles. The van der Waals surface area contributed by atoms with Crippen molar-refractivity contribution >= 4 is 49.9 Å². The molecule has 1 heterocycles. The van der Waals surface area contributed by atoms with E-state index in [-0.39, 0.29) is 0 Å². The van der Waals surface area contributed by atoms with Gasteiger partial charge in [0.15, 0.2) is 5.11 Å². The Labute approximate surface area is 131 Å². The van der Waals surface area contributed by atoms with Crippen LogP contribution in [0.2, 0.25) is 0 Å². The van der Waals surface area contributed by atoms with Gasteiger partial charge in [-0.2, -0.15) is 0 Å². The average molecular weight is 345 g/mol. The molecule has 1 aromatic heterocycles. The number of rotatable bonds is 1. The second-order valence-corrected chi connectivity index (χ2v) is 5.90. The van der Waals surface area contributed by atoms with Crippen LogP contribution in [-0.4, -0.2) is 9.68 Å². The molecular formula is C16H13BrN2S. The number of nitrogens with zero attached hydrogens (tertiary/aromatic N) is 1. The Kier molecular flexibility index (Phi) is 3.59. The molecular weight excluding hydrogens is 332 g/mol. The van der Waals surface area contributed by atoms with Gasteiger partial charge in [0.2, 0.25) is 0 Å². The van der Waals surface area contributed by atoms with Gasteiger partial charge in [0.25, 0.3) is 0 Å². The molecule has 0 spiro atoms. The molecule has 2 aromatic carbocycles. The van der Waals surface area contributed by atoms with E-state index in [4.69, 9.17) is 12.2 Å². The van der Waals surface area contributed by atoms with E-state index in [1.165, 1.54) is 10.9 Å². The molecule has 0 saturated carbocycles. The maximum absolute atomic E-state index is 5.51. The number of para-hydroxylation sites is 1. The highest BCUT2D eigenvalue weighted by atomic mass is 79.9. The van der Waals surface area contributed by atoms with Crippen molar-refractivity contribution in [3.63, 3.8) is 0 Å². The Hall–Kier alpha value is -1.65. The first-order valence-corrected chi connectivity index (χ1v) is 7.49. The Bertz CT molecular complexity index is 792. The fraction of sp³-hybridized carbons (Fsp3) is 0.0625. The summed E-state index contributed by atoms with van der Waals surface area (Å²) in [6, 6.07) is 16.4. The van der Waals surface area contributed by atoms with E-state index in [1.54, 1.807) is 0 Å². The van der Waals surface area contributed by atoms with Gasteiger partial charge >= 0.3 is 0 Å². The molecule has 2 nitrogen and oxygen atoms in total. The smallest absolute Gasteiger partial charge is 0.182 e. The number of thiocarbonyl (C=S) groups is 1. The Morgan fingerprint density at radius 1 is 1.15 bits per heavy atom. The summed E-state index contributed by atoms with van der Waals surface area (Å²) >= 11 is 9.06. The molecule has 0 aliphatic rings. The van der Waals surface area contributed by atoms with Gasteiger partial charge in [-0.05, 0) is 64.9 Å². The third-order valence-electron chi connectivity index (χ3n) is 3.18. The Morgan fingerprint density at radius 2 is 1.95 bits per heavy atom. The van der Waals surface area contributed by atoms with Crippen LogP contribution in [0.4, 0.5) is 5.69 Å². The van der Waals surface area contributed by atoms with Crippen molar-refractivity contribution in [1.82, 2.24) is 4.57 Å². The molecule has 0 unspecified atom stereocenters. The number of halogens is 1. The number of aromatic nitrogens is 1. The number of anilines is 1. The lowest BCUT2D eigenvalue weighted by molar-refractivity contribution is 1.24. The van der Waals surface area contributed by atoms with E-state index >= 15 is 0 Å². The van der Waals surface area contributed by atoms with Crippen LogP contribution in [0.3, 0.4) is 0 Å². The van der Waals surface area contributed by atoms with Crippen LogP contribution < -0.4 is 5.32 Å². The third-order valence-corrected chi connectivity index (χ3v) is 4.14. The van der Waals surface area contributed by atoms with Crippen LogP contribution in [0.25, 0.3) is 10.9 Å². The van der Waals surface area contributed by atoms with Crippen LogP contribution in [-0.2, 0) is 0 Å². The number of hydrogen-bond donors (Lipinski definition) is 1. The fourth-order valence-electron chi connectivity index (χ4n) is 2.16. The lowest BCUT2D eigenvalue weighted by Gasteiger charge is -2.12. The van der Waals surface area contributed by atoms with Gasteiger partial charge in [0, 0.05) is 16.1 Å². The van der Waals surface area contributed by atoms with Crippen molar-refractivity contribution in [2.75, 3.05) is 5.32 Å². The van der Waals surface area contributed by atoms with Gasteiger partial charge in [0.05, 0.1) is 11.2 Å². The van der Waals surface area contributed by atoms with E-state index in [2.05, 4.69) is 58.5 Å². The van der Waals surface area contributed by atoms with Gasteiger partial charge in [-0.25, -0.2) is 0 Å². The zero-order chi connectivity index (χ0) is 14.1. The summed E-state index contributed by atoms with van der Waals surface area (Å²) in [5.74, 6) is 0. The highest BCUT2D eigenvalue weighted by Gasteiger charge is 2.07.